The Kier molecular flexibility index (Phi) is 5.46. The van der Waals surface area contributed by atoms with Crippen molar-refractivity contribution in [3.05, 3.63) is 65.5 Å². The number of fused-ring (bicyclic) bond motifs is 1. The third kappa shape index (κ3) is 4.81. The van der Waals surface area contributed by atoms with Crippen LogP contribution in [0.4, 0.5) is 28.8 Å². The Morgan fingerprint density at radius 2 is 1.63 bits per heavy atom. The van der Waals surface area contributed by atoms with E-state index in [9.17, 15) is 8.42 Å². The zero-order valence-electron chi connectivity index (χ0n) is 15.7. The van der Waals surface area contributed by atoms with Crippen LogP contribution in [-0.2, 0) is 10.0 Å². The summed E-state index contributed by atoms with van der Waals surface area (Å²) in [6.45, 7) is 0. The molecule has 0 aliphatic rings. The average molecular weight is 486 g/mol. The van der Waals surface area contributed by atoms with Crippen LogP contribution >= 0.6 is 15.9 Å². The van der Waals surface area contributed by atoms with E-state index in [2.05, 4.69) is 51.2 Å². The Hall–Kier alpha value is -3.31. The number of para-hydroxylation sites is 2. The van der Waals surface area contributed by atoms with Crippen molar-refractivity contribution in [3.63, 3.8) is 0 Å². The first-order valence-electron chi connectivity index (χ1n) is 8.71. The van der Waals surface area contributed by atoms with Gasteiger partial charge >= 0.3 is 0 Å². The number of hydrogen-bond donors (Lipinski definition) is 3. The second-order valence-electron chi connectivity index (χ2n) is 6.32. The lowest BCUT2D eigenvalue weighted by Crippen LogP contribution is -2.11. The largest absolute Gasteiger partial charge is 0.337 e. The highest BCUT2D eigenvalue weighted by Gasteiger charge is 2.11. The summed E-state index contributed by atoms with van der Waals surface area (Å²) >= 11 is 3.42. The molecule has 0 saturated carbocycles. The minimum Gasteiger partial charge on any atom is -0.337 e. The number of nitrogens with zero attached hydrogens (tertiary/aromatic N) is 4. The van der Waals surface area contributed by atoms with Crippen molar-refractivity contribution in [2.24, 2.45) is 0 Å². The van der Waals surface area contributed by atoms with Gasteiger partial charge in [-0.15, -0.1) is 0 Å². The molecule has 30 heavy (non-hydrogen) atoms. The maximum absolute atomic E-state index is 11.6. The molecular formula is C19H16BrN7O2S. The summed E-state index contributed by atoms with van der Waals surface area (Å²) in [5.41, 5.74) is 3.26. The van der Waals surface area contributed by atoms with Crippen LogP contribution in [-0.4, -0.2) is 34.6 Å². The fourth-order valence-corrected chi connectivity index (χ4v) is 3.56. The fraction of sp³-hybridized carbons (Fsp3) is 0.0526. The summed E-state index contributed by atoms with van der Waals surface area (Å²) in [4.78, 5) is 17.3. The summed E-state index contributed by atoms with van der Waals surface area (Å²) in [5, 5.41) is 6.27. The molecule has 0 atom stereocenters. The molecular weight excluding hydrogens is 470 g/mol. The molecule has 2 aromatic heterocycles. The third-order valence-electron chi connectivity index (χ3n) is 3.95. The van der Waals surface area contributed by atoms with Gasteiger partial charge in [0.05, 0.1) is 33.1 Å². The van der Waals surface area contributed by atoms with Gasteiger partial charge in [-0.2, -0.15) is 4.98 Å². The summed E-state index contributed by atoms with van der Waals surface area (Å²) in [6.07, 6.45) is 5.97. The van der Waals surface area contributed by atoms with Crippen molar-refractivity contribution in [2.75, 3.05) is 21.6 Å². The third-order valence-corrected chi connectivity index (χ3v) is 5.12. The number of halogens is 1. The number of sulfonamides is 1. The summed E-state index contributed by atoms with van der Waals surface area (Å²) in [5.74, 6) is 0.827. The van der Waals surface area contributed by atoms with Crippen LogP contribution in [0.1, 0.15) is 0 Å². The van der Waals surface area contributed by atoms with Crippen LogP contribution in [0, 0.1) is 0 Å². The van der Waals surface area contributed by atoms with E-state index in [1.54, 1.807) is 42.9 Å². The van der Waals surface area contributed by atoms with E-state index >= 15 is 0 Å². The number of hydrogen-bond acceptors (Lipinski definition) is 8. The predicted octanol–water partition coefficient (Wildman–Crippen LogP) is 4.04. The zero-order chi connectivity index (χ0) is 21.1. The van der Waals surface area contributed by atoms with Crippen molar-refractivity contribution in [1.29, 1.82) is 0 Å². The Labute approximate surface area is 181 Å². The zero-order valence-corrected chi connectivity index (χ0v) is 18.1. The van der Waals surface area contributed by atoms with Gasteiger partial charge in [0.1, 0.15) is 5.82 Å². The first-order chi connectivity index (χ1) is 14.4. The second kappa shape index (κ2) is 8.20. The summed E-state index contributed by atoms with van der Waals surface area (Å²) in [7, 11) is -3.43. The maximum Gasteiger partial charge on any atom is 0.229 e. The van der Waals surface area contributed by atoms with Crippen molar-refractivity contribution < 1.29 is 8.42 Å². The number of nitrogens with one attached hydrogen (secondary N) is 3. The molecule has 0 spiro atoms. The minimum atomic E-state index is -3.43. The SMILES string of the molecule is CS(=O)(=O)Nc1ccccc1Nc1nc(Nc2ccc3nccnc3c2)ncc1Br. The molecule has 0 fully saturated rings. The Balaban J connectivity index is 1.61. The first-order valence-corrected chi connectivity index (χ1v) is 11.4. The summed E-state index contributed by atoms with van der Waals surface area (Å²) < 4.78 is 26.4. The average Bonchev–Trinajstić information content (AvgIpc) is 2.71. The molecule has 0 amide bonds. The van der Waals surface area contributed by atoms with Crippen molar-refractivity contribution in [3.8, 4) is 0 Å². The molecule has 152 valence electrons. The van der Waals surface area contributed by atoms with Crippen LogP contribution in [0.3, 0.4) is 0 Å². The molecule has 2 aromatic carbocycles. The fourth-order valence-electron chi connectivity index (χ4n) is 2.69. The van der Waals surface area contributed by atoms with Gasteiger partial charge in [-0.05, 0) is 46.3 Å². The lowest BCUT2D eigenvalue weighted by Gasteiger charge is -2.14. The first kappa shape index (κ1) is 20.0. The molecule has 9 nitrogen and oxygen atoms in total. The van der Waals surface area contributed by atoms with Crippen LogP contribution in [0.2, 0.25) is 0 Å². The molecule has 0 unspecified atom stereocenters. The number of benzene rings is 2. The standard InChI is InChI=1S/C19H16BrN7O2S/c1-30(28,29)27-16-5-3-2-4-15(16)25-18-13(20)11-23-19(26-18)24-12-6-7-14-17(10-12)22-9-8-21-14/h2-11,27H,1H3,(H2,23,24,25,26). The van der Waals surface area contributed by atoms with Crippen LogP contribution < -0.4 is 15.4 Å². The quantitative estimate of drug-likeness (QED) is 0.373. The van der Waals surface area contributed by atoms with Crippen molar-refractivity contribution in [2.45, 2.75) is 0 Å². The molecule has 0 bridgehead atoms. The van der Waals surface area contributed by atoms with E-state index < -0.39 is 10.0 Å². The number of anilines is 5. The van der Waals surface area contributed by atoms with Crippen molar-refractivity contribution in [1.82, 2.24) is 19.9 Å². The molecule has 0 radical (unpaired) electrons. The van der Waals surface area contributed by atoms with Gasteiger partial charge < -0.3 is 10.6 Å². The molecule has 0 aliphatic carbocycles. The minimum absolute atomic E-state index is 0.359. The molecule has 4 aromatic rings. The van der Waals surface area contributed by atoms with Gasteiger partial charge in [0.25, 0.3) is 0 Å². The highest BCUT2D eigenvalue weighted by molar-refractivity contribution is 9.10. The Morgan fingerprint density at radius 3 is 2.40 bits per heavy atom. The highest BCUT2D eigenvalue weighted by atomic mass is 79.9. The molecule has 11 heteroatoms. The maximum atomic E-state index is 11.6. The molecule has 2 heterocycles. The van der Waals surface area contributed by atoms with Gasteiger partial charge in [0, 0.05) is 24.3 Å². The van der Waals surface area contributed by atoms with E-state index in [0.29, 0.717) is 27.6 Å². The normalized spacial score (nSPS) is 11.3. The summed E-state index contributed by atoms with van der Waals surface area (Å²) in [6, 6.07) is 12.5. The Bertz CT molecular complexity index is 1330. The van der Waals surface area contributed by atoms with Gasteiger partial charge in [-0.25, -0.2) is 13.4 Å². The second-order valence-corrected chi connectivity index (χ2v) is 8.92. The smallest absolute Gasteiger partial charge is 0.229 e. The predicted molar refractivity (Wildman–Crippen MR) is 121 cm³/mol. The topological polar surface area (TPSA) is 122 Å². The number of rotatable bonds is 6. The number of aromatic nitrogens is 4. The van der Waals surface area contributed by atoms with E-state index in [0.717, 1.165) is 23.0 Å². The van der Waals surface area contributed by atoms with E-state index in [4.69, 9.17) is 0 Å². The monoisotopic (exact) mass is 485 g/mol. The lowest BCUT2D eigenvalue weighted by atomic mass is 10.2. The van der Waals surface area contributed by atoms with Crippen LogP contribution in [0.25, 0.3) is 11.0 Å². The Morgan fingerprint density at radius 1 is 0.900 bits per heavy atom. The highest BCUT2D eigenvalue weighted by Crippen LogP contribution is 2.30. The van der Waals surface area contributed by atoms with Crippen LogP contribution in [0.15, 0.2) is 65.5 Å². The molecule has 0 saturated heterocycles. The van der Waals surface area contributed by atoms with Gasteiger partial charge in [0.2, 0.25) is 16.0 Å². The van der Waals surface area contributed by atoms with E-state index in [-0.39, 0.29) is 0 Å². The van der Waals surface area contributed by atoms with E-state index in [1.807, 2.05) is 18.2 Å². The molecule has 4 rings (SSSR count). The van der Waals surface area contributed by atoms with Gasteiger partial charge in [-0.1, -0.05) is 12.1 Å². The van der Waals surface area contributed by atoms with Crippen molar-refractivity contribution >= 4 is 65.8 Å². The van der Waals surface area contributed by atoms with Gasteiger partial charge in [-0.3, -0.25) is 14.7 Å². The molecule has 0 aliphatic heterocycles. The lowest BCUT2D eigenvalue weighted by molar-refractivity contribution is 0.607. The molecule has 3 N–H and O–H groups in total. The van der Waals surface area contributed by atoms with Gasteiger partial charge in [0.15, 0.2) is 0 Å². The van der Waals surface area contributed by atoms with Crippen LogP contribution in [0.5, 0.6) is 0 Å². The van der Waals surface area contributed by atoms with E-state index in [1.165, 1.54) is 0 Å².